The van der Waals surface area contributed by atoms with E-state index in [2.05, 4.69) is 26.1 Å². The summed E-state index contributed by atoms with van der Waals surface area (Å²) < 4.78 is 1.16. The number of halogens is 1. The van der Waals surface area contributed by atoms with Gasteiger partial charge in [0.25, 0.3) is 0 Å². The lowest BCUT2D eigenvalue weighted by Crippen LogP contribution is -2.03. The number of H-pyrrole nitrogens is 1. The molecule has 1 aromatic rings. The highest BCUT2D eigenvalue weighted by molar-refractivity contribution is 9.10. The number of nitrogens with one attached hydrogen (secondary N) is 1. The molecule has 0 bridgehead atoms. The van der Waals surface area contributed by atoms with E-state index in [4.69, 9.17) is 5.73 Å². The summed E-state index contributed by atoms with van der Waals surface area (Å²) >= 11 is 3.61. The van der Waals surface area contributed by atoms with Crippen LogP contribution in [-0.4, -0.2) is 16.7 Å². The predicted octanol–water partition coefficient (Wildman–Crippen LogP) is 2.33. The lowest BCUT2D eigenvalue weighted by molar-refractivity contribution is 0.690. The minimum atomic E-state index is 0.659. The molecule has 78 valence electrons. The van der Waals surface area contributed by atoms with Crippen molar-refractivity contribution in [3.63, 3.8) is 0 Å². The van der Waals surface area contributed by atoms with Crippen LogP contribution in [0.15, 0.2) is 4.47 Å². The number of aromatic amines is 1. The molecular weight excluding hydrogens is 242 g/mol. The van der Waals surface area contributed by atoms with Crippen molar-refractivity contribution in [3.8, 4) is 0 Å². The van der Waals surface area contributed by atoms with Crippen molar-refractivity contribution >= 4 is 15.9 Å². The van der Waals surface area contributed by atoms with Gasteiger partial charge >= 0.3 is 0 Å². The van der Waals surface area contributed by atoms with Gasteiger partial charge < -0.3 is 5.73 Å². The molecule has 3 nitrogen and oxygen atoms in total. The van der Waals surface area contributed by atoms with Crippen LogP contribution in [0.2, 0.25) is 0 Å². The maximum absolute atomic E-state index is 5.52. The molecule has 4 heteroatoms. The summed E-state index contributed by atoms with van der Waals surface area (Å²) in [5.74, 6) is 0.659. The highest BCUT2D eigenvalue weighted by Crippen LogP contribution is 2.37. The molecule has 0 amide bonds. The van der Waals surface area contributed by atoms with E-state index in [1.807, 2.05) is 0 Å². The fourth-order valence-corrected chi connectivity index (χ4v) is 2.86. The number of aromatic nitrogens is 2. The molecule has 1 aliphatic rings. The summed E-state index contributed by atoms with van der Waals surface area (Å²) in [6.45, 7) is 0.672. The third-order valence-corrected chi connectivity index (χ3v) is 3.82. The van der Waals surface area contributed by atoms with E-state index in [-0.39, 0.29) is 0 Å². The van der Waals surface area contributed by atoms with Gasteiger partial charge in [0.2, 0.25) is 0 Å². The second kappa shape index (κ2) is 4.45. The first-order chi connectivity index (χ1) is 6.83. The van der Waals surface area contributed by atoms with Crippen molar-refractivity contribution in [3.05, 3.63) is 15.9 Å². The minimum absolute atomic E-state index is 0.659. The Morgan fingerprint density at radius 2 is 2.14 bits per heavy atom. The zero-order chi connectivity index (χ0) is 9.97. The van der Waals surface area contributed by atoms with Gasteiger partial charge in [-0.1, -0.05) is 12.8 Å². The fraction of sp³-hybridized carbons (Fsp3) is 0.700. The Morgan fingerprint density at radius 1 is 1.43 bits per heavy atom. The monoisotopic (exact) mass is 257 g/mol. The second-order valence-electron chi connectivity index (χ2n) is 3.92. The largest absolute Gasteiger partial charge is 0.330 e. The van der Waals surface area contributed by atoms with Gasteiger partial charge in [0.1, 0.15) is 0 Å². The summed E-state index contributed by atoms with van der Waals surface area (Å²) in [5, 5.41) is 7.46. The molecule has 1 aromatic heterocycles. The molecule has 1 fully saturated rings. The SMILES string of the molecule is NCCc1[nH]nc(C2CCCC2)c1Br. The molecule has 0 spiro atoms. The van der Waals surface area contributed by atoms with Crippen LogP contribution in [0, 0.1) is 0 Å². The van der Waals surface area contributed by atoms with Gasteiger partial charge in [0, 0.05) is 12.3 Å². The Kier molecular flexibility index (Phi) is 3.23. The molecule has 0 aliphatic heterocycles. The normalized spacial score (nSPS) is 17.9. The van der Waals surface area contributed by atoms with E-state index in [9.17, 15) is 0 Å². The van der Waals surface area contributed by atoms with Crippen LogP contribution in [0.4, 0.5) is 0 Å². The maximum atomic E-state index is 5.52. The highest BCUT2D eigenvalue weighted by Gasteiger charge is 2.23. The first-order valence-electron chi connectivity index (χ1n) is 5.25. The molecule has 14 heavy (non-hydrogen) atoms. The minimum Gasteiger partial charge on any atom is -0.330 e. The average Bonchev–Trinajstić information content (AvgIpc) is 2.77. The molecule has 0 radical (unpaired) electrons. The molecule has 0 atom stereocenters. The molecule has 2 rings (SSSR count). The van der Waals surface area contributed by atoms with Crippen LogP contribution >= 0.6 is 15.9 Å². The van der Waals surface area contributed by atoms with E-state index >= 15 is 0 Å². The number of rotatable bonds is 3. The topological polar surface area (TPSA) is 54.7 Å². The molecule has 1 saturated carbocycles. The second-order valence-corrected chi connectivity index (χ2v) is 4.71. The highest BCUT2D eigenvalue weighted by atomic mass is 79.9. The standard InChI is InChI=1S/C10H16BrN3/c11-9-8(5-6-12)13-14-10(9)7-3-1-2-4-7/h7H,1-6,12H2,(H,13,14). The Balaban J connectivity index is 2.17. The molecule has 0 saturated heterocycles. The van der Waals surface area contributed by atoms with Gasteiger partial charge in [-0.15, -0.1) is 0 Å². The Hall–Kier alpha value is -0.350. The number of nitrogens with two attached hydrogens (primary N) is 1. The van der Waals surface area contributed by atoms with Gasteiger partial charge in [0.15, 0.2) is 0 Å². The molecular formula is C10H16BrN3. The van der Waals surface area contributed by atoms with Crippen LogP contribution < -0.4 is 5.73 Å². The Morgan fingerprint density at radius 3 is 2.79 bits per heavy atom. The summed E-state index contributed by atoms with van der Waals surface area (Å²) in [4.78, 5) is 0. The number of hydrogen-bond acceptors (Lipinski definition) is 2. The van der Waals surface area contributed by atoms with Crippen molar-refractivity contribution in [1.29, 1.82) is 0 Å². The van der Waals surface area contributed by atoms with E-state index in [1.165, 1.54) is 31.4 Å². The first kappa shape index (κ1) is 10.2. The summed E-state index contributed by atoms with van der Waals surface area (Å²) in [6, 6.07) is 0. The molecule has 1 heterocycles. The van der Waals surface area contributed by atoms with Crippen molar-refractivity contribution in [2.45, 2.75) is 38.0 Å². The molecule has 1 aliphatic carbocycles. The van der Waals surface area contributed by atoms with Crippen molar-refractivity contribution < 1.29 is 0 Å². The molecule has 0 aromatic carbocycles. The quantitative estimate of drug-likeness (QED) is 0.874. The molecule has 3 N–H and O–H groups in total. The van der Waals surface area contributed by atoms with Crippen molar-refractivity contribution in [2.75, 3.05) is 6.54 Å². The van der Waals surface area contributed by atoms with Crippen LogP contribution in [0.25, 0.3) is 0 Å². The van der Waals surface area contributed by atoms with Gasteiger partial charge in [-0.25, -0.2) is 0 Å². The fourth-order valence-electron chi connectivity index (χ4n) is 2.16. The third-order valence-electron chi connectivity index (χ3n) is 2.94. The smallest absolute Gasteiger partial charge is 0.0797 e. The Bertz CT molecular complexity index is 302. The van der Waals surface area contributed by atoms with Gasteiger partial charge in [-0.3, -0.25) is 5.10 Å². The Labute approximate surface area is 92.6 Å². The van der Waals surface area contributed by atoms with Gasteiger partial charge in [-0.05, 0) is 35.3 Å². The summed E-state index contributed by atoms with van der Waals surface area (Å²) in [7, 11) is 0. The number of hydrogen-bond donors (Lipinski definition) is 2. The zero-order valence-electron chi connectivity index (χ0n) is 8.22. The van der Waals surface area contributed by atoms with Crippen LogP contribution in [-0.2, 0) is 6.42 Å². The van der Waals surface area contributed by atoms with E-state index < -0.39 is 0 Å². The maximum Gasteiger partial charge on any atom is 0.0797 e. The lowest BCUT2D eigenvalue weighted by atomic mass is 10.0. The predicted molar refractivity (Wildman–Crippen MR) is 60.3 cm³/mol. The van der Waals surface area contributed by atoms with E-state index in [0.717, 1.165) is 16.6 Å². The van der Waals surface area contributed by atoms with Gasteiger partial charge in [0.05, 0.1) is 15.9 Å². The van der Waals surface area contributed by atoms with Crippen LogP contribution in [0.5, 0.6) is 0 Å². The number of nitrogens with zero attached hydrogens (tertiary/aromatic N) is 1. The average molecular weight is 258 g/mol. The summed E-state index contributed by atoms with van der Waals surface area (Å²) in [6.07, 6.45) is 6.13. The summed E-state index contributed by atoms with van der Waals surface area (Å²) in [5.41, 5.74) is 7.88. The molecule has 0 unspecified atom stereocenters. The lowest BCUT2D eigenvalue weighted by Gasteiger charge is -2.05. The first-order valence-corrected chi connectivity index (χ1v) is 6.05. The van der Waals surface area contributed by atoms with Crippen molar-refractivity contribution in [2.24, 2.45) is 5.73 Å². The van der Waals surface area contributed by atoms with Crippen molar-refractivity contribution in [1.82, 2.24) is 10.2 Å². The van der Waals surface area contributed by atoms with Crippen LogP contribution in [0.1, 0.15) is 43.0 Å². The van der Waals surface area contributed by atoms with Gasteiger partial charge in [-0.2, -0.15) is 5.10 Å². The van der Waals surface area contributed by atoms with Crippen LogP contribution in [0.3, 0.4) is 0 Å². The third kappa shape index (κ3) is 1.86. The zero-order valence-corrected chi connectivity index (χ0v) is 9.81. The van der Waals surface area contributed by atoms with E-state index in [1.54, 1.807) is 0 Å². The van der Waals surface area contributed by atoms with E-state index in [0.29, 0.717) is 12.5 Å².